The third kappa shape index (κ3) is 3.40. The van der Waals surface area contributed by atoms with E-state index in [0.29, 0.717) is 6.42 Å². The molecule has 0 bridgehead atoms. The van der Waals surface area contributed by atoms with Crippen LogP contribution in [0.25, 0.3) is 0 Å². The van der Waals surface area contributed by atoms with E-state index in [1.54, 1.807) is 7.11 Å². The molecule has 0 amide bonds. The summed E-state index contributed by atoms with van der Waals surface area (Å²) in [5.41, 5.74) is 2.12. The van der Waals surface area contributed by atoms with Gasteiger partial charge in [0.25, 0.3) is 0 Å². The number of aryl methyl sites for hydroxylation is 1. The standard InChI is InChI=1S/C15H21NO3/c1-10-8-13(6-7-14(10)19-2)16-12-5-3-4-11(9-12)15(17)18/h6-8,11-12,16H,3-5,9H2,1-2H3,(H,17,18). The topological polar surface area (TPSA) is 58.6 Å². The molecule has 4 nitrogen and oxygen atoms in total. The van der Waals surface area contributed by atoms with Crippen molar-refractivity contribution >= 4 is 11.7 Å². The number of carboxylic acids is 1. The summed E-state index contributed by atoms with van der Waals surface area (Å²) in [7, 11) is 1.66. The highest BCUT2D eigenvalue weighted by Crippen LogP contribution is 2.28. The van der Waals surface area contributed by atoms with Crippen molar-refractivity contribution in [1.82, 2.24) is 0 Å². The van der Waals surface area contributed by atoms with Crippen molar-refractivity contribution in [3.05, 3.63) is 23.8 Å². The van der Waals surface area contributed by atoms with E-state index in [9.17, 15) is 4.79 Å². The zero-order chi connectivity index (χ0) is 13.8. The van der Waals surface area contributed by atoms with Crippen LogP contribution in [0, 0.1) is 12.8 Å². The van der Waals surface area contributed by atoms with Gasteiger partial charge in [0, 0.05) is 11.7 Å². The fourth-order valence-electron chi connectivity index (χ4n) is 2.75. The molecule has 0 spiro atoms. The minimum absolute atomic E-state index is 0.203. The Hall–Kier alpha value is -1.71. The van der Waals surface area contributed by atoms with Crippen LogP contribution in [0.2, 0.25) is 0 Å². The molecule has 0 aliphatic heterocycles. The fraction of sp³-hybridized carbons (Fsp3) is 0.533. The van der Waals surface area contributed by atoms with E-state index in [0.717, 1.165) is 36.3 Å². The van der Waals surface area contributed by atoms with Crippen molar-refractivity contribution in [2.45, 2.75) is 38.6 Å². The Kier molecular flexibility index (Phi) is 4.30. The maximum Gasteiger partial charge on any atom is 0.306 e. The van der Waals surface area contributed by atoms with Crippen molar-refractivity contribution in [2.24, 2.45) is 5.92 Å². The van der Waals surface area contributed by atoms with E-state index < -0.39 is 5.97 Å². The average Bonchev–Trinajstić information content (AvgIpc) is 2.39. The van der Waals surface area contributed by atoms with Gasteiger partial charge in [0.05, 0.1) is 13.0 Å². The number of hydrogen-bond acceptors (Lipinski definition) is 3. The molecule has 1 aliphatic carbocycles. The second-order valence-corrected chi connectivity index (χ2v) is 5.23. The summed E-state index contributed by atoms with van der Waals surface area (Å²) >= 11 is 0. The summed E-state index contributed by atoms with van der Waals surface area (Å²) in [6.45, 7) is 2.00. The monoisotopic (exact) mass is 263 g/mol. The number of hydrogen-bond donors (Lipinski definition) is 2. The van der Waals surface area contributed by atoms with E-state index in [1.807, 2.05) is 25.1 Å². The van der Waals surface area contributed by atoms with Gasteiger partial charge in [-0.25, -0.2) is 0 Å². The van der Waals surface area contributed by atoms with Crippen molar-refractivity contribution < 1.29 is 14.6 Å². The first kappa shape index (κ1) is 13.7. The highest BCUT2D eigenvalue weighted by atomic mass is 16.5. The zero-order valence-corrected chi connectivity index (χ0v) is 11.5. The van der Waals surface area contributed by atoms with Crippen LogP contribution in [0.15, 0.2) is 18.2 Å². The lowest BCUT2D eigenvalue weighted by molar-refractivity contribution is -0.142. The summed E-state index contributed by atoms with van der Waals surface area (Å²) in [6.07, 6.45) is 3.52. The minimum atomic E-state index is -0.669. The van der Waals surface area contributed by atoms with Gasteiger partial charge in [0.1, 0.15) is 5.75 Å². The predicted octanol–water partition coefficient (Wildman–Crippen LogP) is 3.06. The quantitative estimate of drug-likeness (QED) is 0.876. The number of rotatable bonds is 4. The number of carbonyl (C=O) groups is 1. The Morgan fingerprint density at radius 2 is 2.21 bits per heavy atom. The van der Waals surface area contributed by atoms with Gasteiger partial charge in [-0.2, -0.15) is 0 Å². The van der Waals surface area contributed by atoms with Crippen LogP contribution in [-0.4, -0.2) is 24.2 Å². The van der Waals surface area contributed by atoms with Crippen molar-refractivity contribution in [3.63, 3.8) is 0 Å². The van der Waals surface area contributed by atoms with Crippen molar-refractivity contribution in [2.75, 3.05) is 12.4 Å². The molecular weight excluding hydrogens is 242 g/mol. The Morgan fingerprint density at radius 3 is 2.84 bits per heavy atom. The van der Waals surface area contributed by atoms with E-state index >= 15 is 0 Å². The maximum atomic E-state index is 11.0. The molecule has 19 heavy (non-hydrogen) atoms. The van der Waals surface area contributed by atoms with Crippen LogP contribution in [0.5, 0.6) is 5.75 Å². The Morgan fingerprint density at radius 1 is 1.42 bits per heavy atom. The fourth-order valence-corrected chi connectivity index (χ4v) is 2.75. The van der Waals surface area contributed by atoms with Crippen LogP contribution in [0.1, 0.15) is 31.2 Å². The van der Waals surface area contributed by atoms with Gasteiger partial charge >= 0.3 is 5.97 Å². The molecule has 1 aromatic carbocycles. The molecule has 4 heteroatoms. The van der Waals surface area contributed by atoms with Crippen LogP contribution < -0.4 is 10.1 Å². The highest BCUT2D eigenvalue weighted by Gasteiger charge is 2.26. The maximum absolute atomic E-state index is 11.0. The number of nitrogens with one attached hydrogen (secondary N) is 1. The first-order valence-electron chi connectivity index (χ1n) is 6.74. The Balaban J connectivity index is 2.00. The summed E-state index contributed by atoms with van der Waals surface area (Å²) < 4.78 is 5.23. The summed E-state index contributed by atoms with van der Waals surface area (Å²) in [6, 6.07) is 6.22. The van der Waals surface area contributed by atoms with Gasteiger partial charge in [-0.3, -0.25) is 4.79 Å². The molecule has 104 valence electrons. The second kappa shape index (κ2) is 5.95. The van der Waals surface area contributed by atoms with Crippen LogP contribution in [0.4, 0.5) is 5.69 Å². The molecule has 2 atom stereocenters. The van der Waals surface area contributed by atoms with Gasteiger partial charge in [0.15, 0.2) is 0 Å². The third-order valence-corrected chi connectivity index (χ3v) is 3.79. The van der Waals surface area contributed by atoms with Gasteiger partial charge < -0.3 is 15.2 Å². The molecule has 1 saturated carbocycles. The molecule has 1 aliphatic rings. The number of carboxylic acid groups (broad SMARTS) is 1. The van der Waals surface area contributed by atoms with Gasteiger partial charge in [-0.05, 0) is 49.9 Å². The lowest BCUT2D eigenvalue weighted by Crippen LogP contribution is -2.30. The number of benzene rings is 1. The Bertz CT molecular complexity index is 459. The van der Waals surface area contributed by atoms with Gasteiger partial charge in [-0.15, -0.1) is 0 Å². The average molecular weight is 263 g/mol. The first-order valence-corrected chi connectivity index (χ1v) is 6.74. The van der Waals surface area contributed by atoms with Crippen LogP contribution >= 0.6 is 0 Å². The van der Waals surface area contributed by atoms with E-state index in [-0.39, 0.29) is 12.0 Å². The molecule has 0 aromatic heterocycles. The van der Waals surface area contributed by atoms with Gasteiger partial charge in [-0.1, -0.05) is 6.42 Å². The molecule has 2 rings (SSSR count). The smallest absolute Gasteiger partial charge is 0.306 e. The molecule has 0 saturated heterocycles. The number of ether oxygens (including phenoxy) is 1. The van der Waals surface area contributed by atoms with E-state index in [4.69, 9.17) is 9.84 Å². The number of aliphatic carboxylic acids is 1. The normalized spacial score (nSPS) is 22.8. The second-order valence-electron chi connectivity index (χ2n) is 5.23. The molecule has 2 N–H and O–H groups in total. The SMILES string of the molecule is COc1ccc(NC2CCCC(C(=O)O)C2)cc1C. The molecule has 0 radical (unpaired) electrons. The summed E-state index contributed by atoms with van der Waals surface area (Å²) in [5, 5.41) is 12.5. The summed E-state index contributed by atoms with van der Waals surface area (Å²) in [4.78, 5) is 11.0. The first-order chi connectivity index (χ1) is 9.10. The lowest BCUT2D eigenvalue weighted by Gasteiger charge is -2.28. The van der Waals surface area contributed by atoms with Crippen LogP contribution in [0.3, 0.4) is 0 Å². The minimum Gasteiger partial charge on any atom is -0.496 e. The Labute approximate surface area is 113 Å². The summed E-state index contributed by atoms with van der Waals surface area (Å²) in [5.74, 6) is 0.000568. The van der Waals surface area contributed by atoms with Crippen LogP contribution in [-0.2, 0) is 4.79 Å². The van der Waals surface area contributed by atoms with Gasteiger partial charge in [0.2, 0.25) is 0 Å². The molecule has 1 fully saturated rings. The molecule has 0 heterocycles. The van der Waals surface area contributed by atoms with Crippen molar-refractivity contribution in [3.8, 4) is 5.75 Å². The predicted molar refractivity (Wildman–Crippen MR) is 74.7 cm³/mol. The van der Waals surface area contributed by atoms with Crippen molar-refractivity contribution in [1.29, 1.82) is 0 Å². The largest absolute Gasteiger partial charge is 0.496 e. The number of methoxy groups -OCH3 is 1. The number of anilines is 1. The highest BCUT2D eigenvalue weighted by molar-refractivity contribution is 5.70. The molecular formula is C15H21NO3. The van der Waals surface area contributed by atoms with E-state index in [1.165, 1.54) is 0 Å². The third-order valence-electron chi connectivity index (χ3n) is 3.79. The van der Waals surface area contributed by atoms with E-state index in [2.05, 4.69) is 5.32 Å². The molecule has 1 aromatic rings. The molecule has 2 unspecified atom stereocenters. The lowest BCUT2D eigenvalue weighted by atomic mass is 9.85. The zero-order valence-electron chi connectivity index (χ0n) is 11.5.